The highest BCUT2D eigenvalue weighted by molar-refractivity contribution is 6.30. The maximum Gasteiger partial charge on any atom is 0.131 e. The highest BCUT2D eigenvalue weighted by atomic mass is 35.5. The number of benzene rings is 1. The molecule has 1 saturated heterocycles. The zero-order valence-electron chi connectivity index (χ0n) is 16.6. The third kappa shape index (κ3) is 5.53. The van der Waals surface area contributed by atoms with E-state index in [9.17, 15) is 4.39 Å². The molecule has 3 rings (SSSR count). The Morgan fingerprint density at radius 2 is 1.89 bits per heavy atom. The number of likely N-dealkylation sites (tertiary alicyclic amines) is 1. The zero-order chi connectivity index (χ0) is 19.4. The van der Waals surface area contributed by atoms with Crippen molar-refractivity contribution in [2.24, 2.45) is 13.0 Å². The van der Waals surface area contributed by atoms with Gasteiger partial charge in [-0.05, 0) is 69.9 Å². The minimum absolute atomic E-state index is 0.161. The Labute approximate surface area is 166 Å². The zero-order valence-corrected chi connectivity index (χ0v) is 17.3. The van der Waals surface area contributed by atoms with Gasteiger partial charge in [-0.1, -0.05) is 23.7 Å². The van der Waals surface area contributed by atoms with E-state index >= 15 is 0 Å². The molecule has 1 aromatic heterocycles. The molecular weight excluding hydrogens is 363 g/mol. The maximum absolute atomic E-state index is 13.0. The minimum atomic E-state index is -0.161. The fraction of sp³-hybridized carbons (Fsp3) is 0.571. The Morgan fingerprint density at radius 3 is 2.48 bits per heavy atom. The molecule has 0 saturated carbocycles. The van der Waals surface area contributed by atoms with Crippen LogP contribution in [0.5, 0.6) is 0 Å². The molecule has 1 aliphatic heterocycles. The molecule has 148 valence electrons. The first kappa shape index (κ1) is 20.3. The van der Waals surface area contributed by atoms with E-state index in [1.54, 1.807) is 16.8 Å². The van der Waals surface area contributed by atoms with Gasteiger partial charge in [-0.2, -0.15) is 5.10 Å². The molecule has 27 heavy (non-hydrogen) atoms. The normalized spacial score (nSPS) is 16.4. The number of hydrogen-bond donors (Lipinski definition) is 0. The lowest BCUT2D eigenvalue weighted by Gasteiger charge is -2.34. The molecule has 0 bridgehead atoms. The van der Waals surface area contributed by atoms with Gasteiger partial charge < -0.3 is 9.80 Å². The third-order valence-electron chi connectivity index (χ3n) is 5.60. The first-order chi connectivity index (χ1) is 12.9. The number of rotatable bonds is 7. The van der Waals surface area contributed by atoms with Crippen LogP contribution in [0.4, 0.5) is 4.39 Å². The van der Waals surface area contributed by atoms with E-state index in [0.717, 1.165) is 61.5 Å². The highest BCUT2D eigenvalue weighted by Crippen LogP contribution is 2.23. The van der Waals surface area contributed by atoms with E-state index in [1.165, 1.54) is 18.4 Å². The Balaban J connectivity index is 1.40. The molecule has 6 heteroatoms. The average molecular weight is 393 g/mol. The Kier molecular flexibility index (Phi) is 6.90. The van der Waals surface area contributed by atoms with E-state index in [2.05, 4.69) is 21.9 Å². The van der Waals surface area contributed by atoms with Gasteiger partial charge >= 0.3 is 0 Å². The van der Waals surface area contributed by atoms with Crippen LogP contribution in [0.25, 0.3) is 0 Å². The molecule has 0 radical (unpaired) electrons. The summed E-state index contributed by atoms with van der Waals surface area (Å²) in [5.74, 6) is 0.569. The molecule has 0 aliphatic carbocycles. The highest BCUT2D eigenvalue weighted by Gasteiger charge is 2.21. The van der Waals surface area contributed by atoms with Crippen LogP contribution in [0, 0.1) is 18.7 Å². The van der Waals surface area contributed by atoms with Crippen molar-refractivity contribution in [1.82, 2.24) is 19.6 Å². The largest absolute Gasteiger partial charge is 0.303 e. The van der Waals surface area contributed by atoms with E-state index < -0.39 is 0 Å². The van der Waals surface area contributed by atoms with Gasteiger partial charge in [0.25, 0.3) is 0 Å². The molecule has 2 aromatic rings. The Hall–Kier alpha value is -1.43. The lowest BCUT2D eigenvalue weighted by Crippen LogP contribution is -2.38. The predicted octanol–water partition coefficient (Wildman–Crippen LogP) is 3.91. The van der Waals surface area contributed by atoms with Gasteiger partial charge in [-0.25, -0.2) is 4.39 Å². The van der Waals surface area contributed by atoms with Crippen LogP contribution in [-0.2, 0) is 20.0 Å². The molecule has 0 N–H and O–H groups in total. The quantitative estimate of drug-likeness (QED) is 0.714. The van der Waals surface area contributed by atoms with Crippen molar-refractivity contribution >= 4 is 11.6 Å². The van der Waals surface area contributed by atoms with E-state index in [1.807, 2.05) is 26.1 Å². The van der Waals surface area contributed by atoms with Crippen molar-refractivity contribution in [3.8, 4) is 0 Å². The molecule has 0 atom stereocenters. The molecular formula is C21H30ClFN4. The van der Waals surface area contributed by atoms with Crippen LogP contribution in [0.3, 0.4) is 0 Å². The van der Waals surface area contributed by atoms with Crippen LogP contribution in [-0.4, -0.2) is 52.8 Å². The molecule has 1 aliphatic rings. The summed E-state index contributed by atoms with van der Waals surface area (Å²) < 4.78 is 14.7. The second kappa shape index (κ2) is 9.18. The Bertz CT molecular complexity index is 735. The van der Waals surface area contributed by atoms with Gasteiger partial charge in [0.05, 0.1) is 5.69 Å². The lowest BCUT2D eigenvalue weighted by molar-refractivity contribution is 0.153. The molecule has 0 spiro atoms. The topological polar surface area (TPSA) is 24.3 Å². The summed E-state index contributed by atoms with van der Waals surface area (Å²) in [6.45, 7) is 7.31. The predicted molar refractivity (Wildman–Crippen MR) is 109 cm³/mol. The second-order valence-electron chi connectivity index (χ2n) is 7.84. The van der Waals surface area contributed by atoms with Gasteiger partial charge in [0.2, 0.25) is 0 Å². The number of hydrogen-bond acceptors (Lipinski definition) is 3. The summed E-state index contributed by atoms with van der Waals surface area (Å²) in [5.41, 5.74) is 3.37. The minimum Gasteiger partial charge on any atom is -0.303 e. The first-order valence-corrected chi connectivity index (χ1v) is 10.1. The molecule has 0 amide bonds. The standard InChI is InChI=1S/C21H30ClFN4/c1-16-20(21(22)26(3)24-16)15-25(2)14-18-9-12-27(13-10-18)11-8-17-4-6-19(23)7-5-17/h4-7,18H,8-15H2,1-3H3. The number of aromatic nitrogens is 2. The van der Waals surface area contributed by atoms with Gasteiger partial charge in [0.1, 0.15) is 11.0 Å². The van der Waals surface area contributed by atoms with Gasteiger partial charge in [-0.15, -0.1) is 0 Å². The van der Waals surface area contributed by atoms with Crippen molar-refractivity contribution in [2.75, 3.05) is 33.2 Å². The number of halogens is 2. The van der Waals surface area contributed by atoms with Crippen molar-refractivity contribution in [3.05, 3.63) is 52.1 Å². The number of nitrogens with zero attached hydrogens (tertiary/aromatic N) is 4. The number of aryl methyl sites for hydroxylation is 2. The summed E-state index contributed by atoms with van der Waals surface area (Å²) in [6.07, 6.45) is 3.45. The van der Waals surface area contributed by atoms with Gasteiger partial charge in [-0.3, -0.25) is 4.68 Å². The third-order valence-corrected chi connectivity index (χ3v) is 6.08. The molecule has 0 unspecified atom stereocenters. The van der Waals surface area contributed by atoms with Crippen LogP contribution in [0.2, 0.25) is 5.15 Å². The monoisotopic (exact) mass is 392 g/mol. The van der Waals surface area contributed by atoms with Crippen LogP contribution < -0.4 is 0 Å². The molecule has 1 aromatic carbocycles. The summed E-state index contributed by atoms with van der Waals surface area (Å²) >= 11 is 6.36. The van der Waals surface area contributed by atoms with E-state index in [4.69, 9.17) is 11.6 Å². The molecule has 2 heterocycles. The van der Waals surface area contributed by atoms with E-state index in [-0.39, 0.29) is 5.82 Å². The van der Waals surface area contributed by atoms with Crippen LogP contribution >= 0.6 is 11.6 Å². The fourth-order valence-corrected chi connectivity index (χ4v) is 4.19. The van der Waals surface area contributed by atoms with Crippen LogP contribution in [0.15, 0.2) is 24.3 Å². The van der Waals surface area contributed by atoms with Gasteiger partial charge in [0, 0.05) is 32.2 Å². The van der Waals surface area contributed by atoms with E-state index in [0.29, 0.717) is 0 Å². The van der Waals surface area contributed by atoms with Crippen molar-refractivity contribution in [3.63, 3.8) is 0 Å². The first-order valence-electron chi connectivity index (χ1n) is 9.75. The summed E-state index contributed by atoms with van der Waals surface area (Å²) in [7, 11) is 4.06. The summed E-state index contributed by atoms with van der Waals surface area (Å²) in [5, 5.41) is 5.15. The number of piperidine rings is 1. The second-order valence-corrected chi connectivity index (χ2v) is 8.19. The van der Waals surface area contributed by atoms with Gasteiger partial charge in [0.15, 0.2) is 0 Å². The van der Waals surface area contributed by atoms with Crippen molar-refractivity contribution in [1.29, 1.82) is 0 Å². The summed E-state index contributed by atoms with van der Waals surface area (Å²) in [6, 6.07) is 6.88. The summed E-state index contributed by atoms with van der Waals surface area (Å²) in [4.78, 5) is 4.90. The van der Waals surface area contributed by atoms with Crippen molar-refractivity contribution < 1.29 is 4.39 Å². The average Bonchev–Trinajstić information content (AvgIpc) is 2.88. The van der Waals surface area contributed by atoms with Crippen molar-refractivity contribution in [2.45, 2.75) is 32.7 Å². The SMILES string of the molecule is Cc1nn(C)c(Cl)c1CN(C)CC1CCN(CCc2ccc(F)cc2)CC1. The maximum atomic E-state index is 13.0. The smallest absolute Gasteiger partial charge is 0.131 e. The fourth-order valence-electron chi connectivity index (χ4n) is 3.96. The van der Waals surface area contributed by atoms with Crippen LogP contribution in [0.1, 0.15) is 29.7 Å². The molecule has 1 fully saturated rings. The molecule has 4 nitrogen and oxygen atoms in total. The Morgan fingerprint density at radius 1 is 1.22 bits per heavy atom. The lowest BCUT2D eigenvalue weighted by atomic mass is 9.96.